The molecule has 3 rings (SSSR count). The first-order valence-corrected chi connectivity index (χ1v) is 10.4. The average molecular weight is 476 g/mol. The van der Waals surface area contributed by atoms with Crippen molar-refractivity contribution in [3.8, 4) is 5.69 Å². The molecule has 0 aliphatic carbocycles. The first-order chi connectivity index (χ1) is 16.1. The Morgan fingerprint density at radius 3 is 2.53 bits per heavy atom. The number of rotatable bonds is 8. The number of nitrogens with zero attached hydrogens (tertiary/aromatic N) is 3. The maximum Gasteiger partial charge on any atom is 0.416 e. The summed E-state index contributed by atoms with van der Waals surface area (Å²) in [4.78, 5) is 38.9. The number of hydrogen-bond acceptors (Lipinski definition) is 5. The molecule has 2 aromatic carbocycles. The van der Waals surface area contributed by atoms with Gasteiger partial charge in [-0.1, -0.05) is 24.3 Å². The number of carbonyl (C=O) groups is 1. The lowest BCUT2D eigenvalue weighted by atomic mass is 10.1. The smallest absolute Gasteiger partial charge is 0.385 e. The van der Waals surface area contributed by atoms with E-state index in [1.807, 2.05) is 0 Å². The zero-order valence-corrected chi connectivity index (χ0v) is 18.6. The second kappa shape index (κ2) is 10.5. The van der Waals surface area contributed by atoms with E-state index >= 15 is 0 Å². The number of carbonyl (C=O) groups excluding carboxylic acids is 1. The van der Waals surface area contributed by atoms with Gasteiger partial charge in [-0.2, -0.15) is 23.0 Å². The third-order valence-corrected chi connectivity index (χ3v) is 4.93. The van der Waals surface area contributed by atoms with Crippen molar-refractivity contribution in [2.24, 2.45) is 0 Å². The molecule has 180 valence electrons. The van der Waals surface area contributed by atoms with Crippen LogP contribution in [0.4, 0.5) is 13.2 Å². The summed E-state index contributed by atoms with van der Waals surface area (Å²) in [7, 11) is 1.51. The molecular weight excluding hydrogens is 453 g/mol. The Labute approximate surface area is 192 Å². The molecule has 0 saturated carbocycles. The number of methoxy groups -OCH3 is 1. The highest BCUT2D eigenvalue weighted by Gasteiger charge is 2.30. The van der Waals surface area contributed by atoms with Gasteiger partial charge >= 0.3 is 11.9 Å². The van der Waals surface area contributed by atoms with Crippen LogP contribution in [0.3, 0.4) is 0 Å². The molecule has 8 nitrogen and oxygen atoms in total. The molecule has 11 heteroatoms. The van der Waals surface area contributed by atoms with Crippen molar-refractivity contribution in [3.05, 3.63) is 91.8 Å². The van der Waals surface area contributed by atoms with Crippen LogP contribution in [0.15, 0.2) is 58.1 Å². The summed E-state index contributed by atoms with van der Waals surface area (Å²) in [5, 5.41) is 6.53. The van der Waals surface area contributed by atoms with Crippen LogP contribution < -0.4 is 16.6 Å². The summed E-state index contributed by atoms with van der Waals surface area (Å²) in [6, 6.07) is 11.0. The van der Waals surface area contributed by atoms with Crippen LogP contribution in [0, 0.1) is 6.92 Å². The summed E-state index contributed by atoms with van der Waals surface area (Å²) in [5.41, 5.74) is -2.18. The molecule has 0 unspecified atom stereocenters. The van der Waals surface area contributed by atoms with E-state index in [1.54, 1.807) is 31.2 Å². The number of aryl methyl sites for hydroxylation is 1. The largest absolute Gasteiger partial charge is 0.416 e. The van der Waals surface area contributed by atoms with Crippen molar-refractivity contribution >= 4 is 5.91 Å². The second-order valence-corrected chi connectivity index (χ2v) is 7.57. The van der Waals surface area contributed by atoms with Gasteiger partial charge in [-0.25, -0.2) is 4.79 Å². The van der Waals surface area contributed by atoms with Crippen molar-refractivity contribution in [3.63, 3.8) is 0 Å². The molecule has 1 N–H and O–H groups in total. The molecular formula is C23H23F3N4O4. The number of ether oxygens (including phenoxy) is 1. The minimum absolute atomic E-state index is 0.0717. The highest BCUT2D eigenvalue weighted by atomic mass is 19.4. The van der Waals surface area contributed by atoms with Crippen LogP contribution in [0.5, 0.6) is 0 Å². The zero-order chi connectivity index (χ0) is 24.9. The van der Waals surface area contributed by atoms with Crippen molar-refractivity contribution in [1.82, 2.24) is 19.7 Å². The van der Waals surface area contributed by atoms with Gasteiger partial charge in [-0.05, 0) is 48.7 Å². The van der Waals surface area contributed by atoms with Crippen LogP contribution in [0.25, 0.3) is 5.69 Å². The van der Waals surface area contributed by atoms with Gasteiger partial charge in [0, 0.05) is 20.3 Å². The number of aromatic nitrogens is 3. The molecule has 1 heterocycles. The van der Waals surface area contributed by atoms with Crippen LogP contribution in [-0.4, -0.2) is 40.5 Å². The molecule has 0 spiro atoms. The standard InChI is InChI=1S/C23H23F3N4O4/c1-15-6-3-9-18(12-15)30-22(33)29(14-16-7-4-8-17(13-16)23(24,25)26)21(32)19(28-30)20(31)27-10-5-11-34-2/h3-4,6-9,12-13H,5,10-11,14H2,1-2H3,(H,27,31). The van der Waals surface area contributed by atoms with Crippen LogP contribution in [0.1, 0.15) is 33.6 Å². The quantitative estimate of drug-likeness (QED) is 0.505. The van der Waals surface area contributed by atoms with E-state index in [4.69, 9.17) is 4.74 Å². The topological polar surface area (TPSA) is 95.2 Å². The average Bonchev–Trinajstić information content (AvgIpc) is 2.79. The fourth-order valence-electron chi connectivity index (χ4n) is 3.26. The van der Waals surface area contributed by atoms with Gasteiger partial charge in [-0.15, -0.1) is 0 Å². The second-order valence-electron chi connectivity index (χ2n) is 7.57. The SMILES string of the molecule is COCCCNC(=O)c1nn(-c2cccc(C)c2)c(=O)n(Cc2cccc(C(F)(F)F)c2)c1=O. The van der Waals surface area contributed by atoms with Crippen molar-refractivity contribution in [1.29, 1.82) is 0 Å². The highest BCUT2D eigenvalue weighted by molar-refractivity contribution is 5.91. The lowest BCUT2D eigenvalue weighted by molar-refractivity contribution is -0.137. The third-order valence-electron chi connectivity index (χ3n) is 4.93. The molecule has 1 aromatic heterocycles. The molecule has 0 aliphatic rings. The third kappa shape index (κ3) is 5.79. The maximum absolute atomic E-state index is 13.2. The molecule has 3 aromatic rings. The van der Waals surface area contributed by atoms with E-state index < -0.39 is 41.1 Å². The van der Waals surface area contributed by atoms with Gasteiger partial charge < -0.3 is 10.1 Å². The number of hydrogen-bond donors (Lipinski definition) is 1. The van der Waals surface area contributed by atoms with Gasteiger partial charge in [0.25, 0.3) is 11.5 Å². The minimum atomic E-state index is -4.59. The van der Waals surface area contributed by atoms with Gasteiger partial charge in [-0.3, -0.25) is 14.2 Å². The number of alkyl halides is 3. The van der Waals surface area contributed by atoms with Gasteiger partial charge in [0.05, 0.1) is 17.8 Å². The molecule has 0 radical (unpaired) electrons. The fourth-order valence-corrected chi connectivity index (χ4v) is 3.26. The van der Waals surface area contributed by atoms with Crippen molar-refractivity contribution in [2.75, 3.05) is 20.3 Å². The Kier molecular flexibility index (Phi) is 7.67. The Balaban J connectivity index is 2.11. The lowest BCUT2D eigenvalue weighted by Crippen LogP contribution is -2.46. The number of amides is 1. The van der Waals surface area contributed by atoms with Crippen LogP contribution in [-0.2, 0) is 17.5 Å². The summed E-state index contributed by atoms with van der Waals surface area (Å²) >= 11 is 0. The first-order valence-electron chi connectivity index (χ1n) is 10.4. The van der Waals surface area contributed by atoms with E-state index in [2.05, 4.69) is 10.4 Å². The summed E-state index contributed by atoms with van der Waals surface area (Å²) in [6.45, 7) is 1.90. The van der Waals surface area contributed by atoms with Crippen molar-refractivity contribution in [2.45, 2.75) is 26.1 Å². The highest BCUT2D eigenvalue weighted by Crippen LogP contribution is 2.29. The lowest BCUT2D eigenvalue weighted by Gasteiger charge is -2.13. The summed E-state index contributed by atoms with van der Waals surface area (Å²) < 4.78 is 45.9. The van der Waals surface area contributed by atoms with Gasteiger partial charge in [0.15, 0.2) is 0 Å². The Hall–Kier alpha value is -3.73. The normalized spacial score (nSPS) is 11.4. The summed E-state index contributed by atoms with van der Waals surface area (Å²) in [6.07, 6.45) is -4.10. The molecule has 0 bridgehead atoms. The van der Waals surface area contributed by atoms with E-state index in [1.165, 1.54) is 19.2 Å². The fraction of sp³-hybridized carbons (Fsp3) is 0.304. The van der Waals surface area contributed by atoms with Crippen LogP contribution in [0.2, 0.25) is 0 Å². The molecule has 34 heavy (non-hydrogen) atoms. The zero-order valence-electron chi connectivity index (χ0n) is 18.6. The molecule has 1 amide bonds. The minimum Gasteiger partial charge on any atom is -0.385 e. The number of benzene rings is 2. The molecule has 0 fully saturated rings. The van der Waals surface area contributed by atoms with E-state index in [-0.39, 0.29) is 12.1 Å². The van der Waals surface area contributed by atoms with Gasteiger partial charge in [0.1, 0.15) is 0 Å². The Bertz CT molecular complexity index is 1300. The molecule has 0 aliphatic heterocycles. The van der Waals surface area contributed by atoms with E-state index in [0.29, 0.717) is 23.3 Å². The van der Waals surface area contributed by atoms with E-state index in [9.17, 15) is 27.6 Å². The Morgan fingerprint density at radius 2 is 1.85 bits per heavy atom. The summed E-state index contributed by atoms with van der Waals surface area (Å²) in [5.74, 6) is -0.805. The predicted molar refractivity (Wildman–Crippen MR) is 118 cm³/mol. The first kappa shape index (κ1) is 24.9. The van der Waals surface area contributed by atoms with E-state index in [0.717, 1.165) is 22.4 Å². The van der Waals surface area contributed by atoms with Crippen LogP contribution >= 0.6 is 0 Å². The molecule has 0 saturated heterocycles. The number of nitrogens with one attached hydrogen (secondary N) is 1. The number of halogens is 3. The Morgan fingerprint density at radius 1 is 1.12 bits per heavy atom. The van der Waals surface area contributed by atoms with Gasteiger partial charge in [0.2, 0.25) is 5.69 Å². The molecule has 0 atom stereocenters. The van der Waals surface area contributed by atoms with Crippen molar-refractivity contribution < 1.29 is 22.7 Å². The monoisotopic (exact) mass is 476 g/mol. The predicted octanol–water partition coefficient (Wildman–Crippen LogP) is 2.54. The maximum atomic E-state index is 13.2.